The van der Waals surface area contributed by atoms with Gasteiger partial charge < -0.3 is 0 Å². The Labute approximate surface area is 95.5 Å². The second kappa shape index (κ2) is 4.20. The highest BCUT2D eigenvalue weighted by Gasteiger charge is 2.34. The standard InChI is InChI=1S/C13H8F4/c14-11-8-4-7-10(13(15,16)17)12(11)9-5-2-1-3-6-9/h1-8H. The molecule has 2 rings (SSSR count). The average molecular weight is 240 g/mol. The van der Waals surface area contributed by atoms with Crippen molar-refractivity contribution < 1.29 is 17.6 Å². The van der Waals surface area contributed by atoms with Gasteiger partial charge in [0.15, 0.2) is 0 Å². The third kappa shape index (κ3) is 2.30. The topological polar surface area (TPSA) is 0 Å². The van der Waals surface area contributed by atoms with Gasteiger partial charge in [-0.1, -0.05) is 36.4 Å². The maximum atomic E-state index is 13.6. The summed E-state index contributed by atoms with van der Waals surface area (Å²) in [7, 11) is 0. The van der Waals surface area contributed by atoms with E-state index in [4.69, 9.17) is 0 Å². The third-order valence-corrected chi connectivity index (χ3v) is 2.38. The van der Waals surface area contributed by atoms with Crippen LogP contribution in [0.3, 0.4) is 0 Å². The maximum absolute atomic E-state index is 13.6. The van der Waals surface area contributed by atoms with Gasteiger partial charge in [-0.2, -0.15) is 13.2 Å². The summed E-state index contributed by atoms with van der Waals surface area (Å²) in [6.07, 6.45) is -4.56. The lowest BCUT2D eigenvalue weighted by Crippen LogP contribution is -2.08. The molecular formula is C13H8F4. The summed E-state index contributed by atoms with van der Waals surface area (Å²) in [6.45, 7) is 0. The number of alkyl halides is 3. The van der Waals surface area contributed by atoms with E-state index in [2.05, 4.69) is 0 Å². The van der Waals surface area contributed by atoms with Crippen molar-refractivity contribution in [1.29, 1.82) is 0 Å². The molecule has 0 N–H and O–H groups in total. The van der Waals surface area contributed by atoms with Crippen molar-refractivity contribution in [3.8, 4) is 11.1 Å². The predicted molar refractivity (Wildman–Crippen MR) is 56.8 cm³/mol. The summed E-state index contributed by atoms with van der Waals surface area (Å²) < 4.78 is 51.8. The zero-order chi connectivity index (χ0) is 12.5. The molecule has 2 aromatic carbocycles. The van der Waals surface area contributed by atoms with Crippen LogP contribution in [0.15, 0.2) is 48.5 Å². The average Bonchev–Trinajstić information content (AvgIpc) is 2.28. The van der Waals surface area contributed by atoms with Crippen LogP contribution >= 0.6 is 0 Å². The second-order valence-corrected chi connectivity index (χ2v) is 3.53. The number of rotatable bonds is 1. The van der Waals surface area contributed by atoms with Crippen LogP contribution in [0.25, 0.3) is 11.1 Å². The molecule has 0 nitrogen and oxygen atoms in total. The molecule has 0 aliphatic heterocycles. The lowest BCUT2D eigenvalue weighted by Gasteiger charge is -2.13. The van der Waals surface area contributed by atoms with Crippen LogP contribution in [0.2, 0.25) is 0 Å². The Morgan fingerprint density at radius 3 is 2.00 bits per heavy atom. The summed E-state index contributed by atoms with van der Waals surface area (Å²) in [5, 5.41) is 0. The van der Waals surface area contributed by atoms with E-state index in [0.717, 1.165) is 18.2 Å². The molecule has 0 aliphatic carbocycles. The second-order valence-electron chi connectivity index (χ2n) is 3.53. The molecule has 88 valence electrons. The molecule has 0 aromatic heterocycles. The predicted octanol–water partition coefficient (Wildman–Crippen LogP) is 4.51. The Morgan fingerprint density at radius 1 is 0.765 bits per heavy atom. The SMILES string of the molecule is Fc1cccc(C(F)(F)F)c1-c1ccccc1. The van der Waals surface area contributed by atoms with E-state index >= 15 is 0 Å². The molecule has 0 unspecified atom stereocenters. The molecule has 0 spiro atoms. The van der Waals surface area contributed by atoms with Crippen LogP contribution in [0.1, 0.15) is 5.56 Å². The summed E-state index contributed by atoms with van der Waals surface area (Å²) in [5.41, 5.74) is -1.14. The van der Waals surface area contributed by atoms with E-state index in [-0.39, 0.29) is 5.56 Å². The number of hydrogen-bond donors (Lipinski definition) is 0. The Bertz CT molecular complexity index is 515. The highest BCUT2D eigenvalue weighted by Crippen LogP contribution is 2.38. The fraction of sp³-hybridized carbons (Fsp3) is 0.0769. The van der Waals surface area contributed by atoms with Crippen LogP contribution in [-0.4, -0.2) is 0 Å². The molecule has 0 fully saturated rings. The van der Waals surface area contributed by atoms with E-state index in [9.17, 15) is 17.6 Å². The highest BCUT2D eigenvalue weighted by atomic mass is 19.4. The zero-order valence-electron chi connectivity index (χ0n) is 8.63. The monoisotopic (exact) mass is 240 g/mol. The van der Waals surface area contributed by atoms with Gasteiger partial charge in [-0.3, -0.25) is 0 Å². The molecule has 0 bridgehead atoms. The van der Waals surface area contributed by atoms with Crippen LogP contribution in [-0.2, 0) is 6.18 Å². The van der Waals surface area contributed by atoms with E-state index in [1.807, 2.05) is 0 Å². The van der Waals surface area contributed by atoms with Gasteiger partial charge >= 0.3 is 6.18 Å². The van der Waals surface area contributed by atoms with Gasteiger partial charge in [0.1, 0.15) is 5.82 Å². The molecule has 0 heterocycles. The minimum absolute atomic E-state index is 0.220. The van der Waals surface area contributed by atoms with Gasteiger partial charge in [0.05, 0.1) is 5.56 Å². The normalized spacial score (nSPS) is 11.5. The Kier molecular flexibility index (Phi) is 2.88. The summed E-state index contributed by atoms with van der Waals surface area (Å²) >= 11 is 0. The number of hydrogen-bond acceptors (Lipinski definition) is 0. The summed E-state index contributed by atoms with van der Waals surface area (Å²) in [5.74, 6) is -0.869. The first kappa shape index (κ1) is 11.6. The minimum atomic E-state index is -4.56. The first-order chi connectivity index (χ1) is 8.00. The first-order valence-corrected chi connectivity index (χ1v) is 4.91. The van der Waals surface area contributed by atoms with Gasteiger partial charge in [0.2, 0.25) is 0 Å². The van der Waals surface area contributed by atoms with Gasteiger partial charge in [-0.25, -0.2) is 4.39 Å². The largest absolute Gasteiger partial charge is 0.417 e. The van der Waals surface area contributed by atoms with Crippen LogP contribution in [0.4, 0.5) is 17.6 Å². The smallest absolute Gasteiger partial charge is 0.206 e. The van der Waals surface area contributed by atoms with Gasteiger partial charge in [0, 0.05) is 5.56 Å². The van der Waals surface area contributed by atoms with Crippen molar-refractivity contribution in [2.75, 3.05) is 0 Å². The number of halogens is 4. The molecular weight excluding hydrogens is 232 g/mol. The van der Waals surface area contributed by atoms with Crippen LogP contribution < -0.4 is 0 Å². The Balaban J connectivity index is 2.69. The Morgan fingerprint density at radius 2 is 1.41 bits per heavy atom. The van der Waals surface area contributed by atoms with Crippen molar-refractivity contribution in [2.24, 2.45) is 0 Å². The van der Waals surface area contributed by atoms with Crippen molar-refractivity contribution in [1.82, 2.24) is 0 Å². The molecule has 4 heteroatoms. The third-order valence-electron chi connectivity index (χ3n) is 2.38. The van der Waals surface area contributed by atoms with E-state index in [1.54, 1.807) is 18.2 Å². The molecule has 2 aromatic rings. The van der Waals surface area contributed by atoms with Gasteiger partial charge in [-0.05, 0) is 17.7 Å². The van der Waals surface area contributed by atoms with Crippen molar-refractivity contribution >= 4 is 0 Å². The van der Waals surface area contributed by atoms with Crippen molar-refractivity contribution in [3.05, 3.63) is 59.9 Å². The molecule has 0 amide bonds. The van der Waals surface area contributed by atoms with Crippen molar-refractivity contribution in [2.45, 2.75) is 6.18 Å². The molecule has 0 atom stereocenters. The summed E-state index contributed by atoms with van der Waals surface area (Å²) in [6, 6.07) is 10.7. The van der Waals surface area contributed by atoms with E-state index in [0.29, 0.717) is 0 Å². The molecule has 17 heavy (non-hydrogen) atoms. The fourth-order valence-electron chi connectivity index (χ4n) is 1.66. The maximum Gasteiger partial charge on any atom is 0.417 e. The lowest BCUT2D eigenvalue weighted by molar-refractivity contribution is -0.137. The fourth-order valence-corrected chi connectivity index (χ4v) is 1.66. The Hall–Kier alpha value is -1.84. The molecule has 0 saturated heterocycles. The minimum Gasteiger partial charge on any atom is -0.206 e. The quantitative estimate of drug-likeness (QED) is 0.643. The molecule has 0 aliphatic rings. The van der Waals surface area contributed by atoms with Crippen LogP contribution in [0, 0.1) is 5.82 Å². The highest BCUT2D eigenvalue weighted by molar-refractivity contribution is 5.68. The van der Waals surface area contributed by atoms with Gasteiger partial charge in [-0.15, -0.1) is 0 Å². The number of benzene rings is 2. The summed E-state index contributed by atoms with van der Waals surface area (Å²) in [4.78, 5) is 0. The van der Waals surface area contributed by atoms with Gasteiger partial charge in [0.25, 0.3) is 0 Å². The zero-order valence-corrected chi connectivity index (χ0v) is 8.63. The van der Waals surface area contributed by atoms with E-state index in [1.165, 1.54) is 12.1 Å². The first-order valence-electron chi connectivity index (χ1n) is 4.91. The molecule has 0 saturated carbocycles. The van der Waals surface area contributed by atoms with Crippen LogP contribution in [0.5, 0.6) is 0 Å². The van der Waals surface area contributed by atoms with Crippen molar-refractivity contribution in [3.63, 3.8) is 0 Å². The van der Waals surface area contributed by atoms with E-state index < -0.39 is 23.1 Å². The lowest BCUT2D eigenvalue weighted by atomic mass is 9.99. The molecule has 0 radical (unpaired) electrons.